The number of ether oxygens (including phenoxy) is 4. The van der Waals surface area contributed by atoms with Crippen molar-refractivity contribution in [3.8, 4) is 28.9 Å². The average Bonchev–Trinajstić information content (AvgIpc) is 2.92. The molecule has 1 saturated heterocycles. The lowest BCUT2D eigenvalue weighted by Gasteiger charge is -2.32. The molecule has 0 aliphatic carbocycles. The van der Waals surface area contributed by atoms with Gasteiger partial charge in [-0.15, -0.1) is 0 Å². The molecule has 0 bridgehead atoms. The number of urea groups is 1. The Bertz CT molecular complexity index is 1220. The molecule has 0 atom stereocenters. The highest BCUT2D eigenvalue weighted by Gasteiger charge is 2.15. The van der Waals surface area contributed by atoms with E-state index in [2.05, 4.69) is 37.4 Å². The number of hydrogen-bond acceptors (Lipinski definition) is 9. The van der Waals surface area contributed by atoms with Gasteiger partial charge in [-0.2, -0.15) is 0 Å². The molecule has 0 radical (unpaired) electrons. The van der Waals surface area contributed by atoms with Gasteiger partial charge in [-0.3, -0.25) is 0 Å². The first kappa shape index (κ1) is 26.2. The molecule has 2 amide bonds. The maximum atomic E-state index is 12.4. The number of aromatic nitrogens is 2. The summed E-state index contributed by atoms with van der Waals surface area (Å²) in [6.45, 7) is 5.88. The molecular formula is C26H34N6O5. The molecule has 1 aliphatic heterocycles. The fourth-order valence-electron chi connectivity index (χ4n) is 4.13. The fraction of sp³-hybridized carbons (Fsp3) is 0.423. The highest BCUT2D eigenvalue weighted by Crippen LogP contribution is 2.37. The van der Waals surface area contributed by atoms with Gasteiger partial charge in [-0.05, 0) is 38.2 Å². The van der Waals surface area contributed by atoms with Crippen molar-refractivity contribution < 1.29 is 23.7 Å². The van der Waals surface area contributed by atoms with Gasteiger partial charge in [0.25, 0.3) is 0 Å². The standard InChI is InChI=1S/C26H34N6O5/c1-31-10-12-32(13-11-31)9-5-8-27-26(33)30-20-7-6-18(14-22(20)34-2)37-25-19-15-23(35-3)24(36-4)16-21(19)28-17-29-25/h6-7,14-17H,5,8-13H2,1-4H3,(H2,27,30,33). The van der Waals surface area contributed by atoms with Gasteiger partial charge in [0.1, 0.15) is 17.8 Å². The molecule has 11 nitrogen and oxygen atoms in total. The van der Waals surface area contributed by atoms with Gasteiger partial charge >= 0.3 is 6.03 Å². The number of benzene rings is 2. The lowest BCUT2D eigenvalue weighted by molar-refractivity contribution is 0.153. The molecule has 1 fully saturated rings. The maximum absolute atomic E-state index is 12.4. The van der Waals surface area contributed by atoms with Gasteiger partial charge in [0.15, 0.2) is 11.5 Å². The van der Waals surface area contributed by atoms with E-state index in [1.807, 2.05) is 0 Å². The molecule has 2 aromatic carbocycles. The summed E-state index contributed by atoms with van der Waals surface area (Å²) in [5.41, 5.74) is 1.18. The number of fused-ring (bicyclic) bond motifs is 1. The Morgan fingerprint density at radius 1 is 0.946 bits per heavy atom. The highest BCUT2D eigenvalue weighted by molar-refractivity contribution is 5.91. The second-order valence-electron chi connectivity index (χ2n) is 8.75. The molecule has 11 heteroatoms. The van der Waals surface area contributed by atoms with Crippen molar-refractivity contribution in [3.05, 3.63) is 36.7 Å². The van der Waals surface area contributed by atoms with Crippen LogP contribution in [-0.4, -0.2) is 93.4 Å². The zero-order valence-corrected chi connectivity index (χ0v) is 21.7. The summed E-state index contributed by atoms with van der Waals surface area (Å²) >= 11 is 0. The first-order valence-corrected chi connectivity index (χ1v) is 12.2. The number of nitrogens with one attached hydrogen (secondary N) is 2. The summed E-state index contributed by atoms with van der Waals surface area (Å²) in [5.74, 6) is 2.41. The summed E-state index contributed by atoms with van der Waals surface area (Å²) in [7, 11) is 6.81. The average molecular weight is 511 g/mol. The Morgan fingerprint density at radius 3 is 2.41 bits per heavy atom. The van der Waals surface area contributed by atoms with E-state index in [1.165, 1.54) is 13.4 Å². The van der Waals surface area contributed by atoms with E-state index in [0.29, 0.717) is 52.0 Å². The SMILES string of the molecule is COc1cc(Oc2ncnc3cc(OC)c(OC)cc23)ccc1NC(=O)NCCCN1CCN(C)CC1. The normalized spacial score (nSPS) is 14.3. The minimum absolute atomic E-state index is 0.284. The van der Waals surface area contributed by atoms with Crippen LogP contribution in [0.4, 0.5) is 10.5 Å². The second-order valence-corrected chi connectivity index (χ2v) is 8.75. The molecule has 3 aromatic rings. The third-order valence-corrected chi connectivity index (χ3v) is 6.27. The van der Waals surface area contributed by atoms with E-state index in [-0.39, 0.29) is 6.03 Å². The van der Waals surface area contributed by atoms with Crippen LogP contribution in [0.15, 0.2) is 36.7 Å². The lowest BCUT2D eigenvalue weighted by Crippen LogP contribution is -2.45. The zero-order chi connectivity index (χ0) is 26.2. The van der Waals surface area contributed by atoms with Crippen molar-refractivity contribution in [2.24, 2.45) is 0 Å². The number of nitrogens with zero attached hydrogens (tertiary/aromatic N) is 4. The van der Waals surface area contributed by atoms with Crippen LogP contribution in [0.25, 0.3) is 10.9 Å². The number of carbonyl (C=O) groups excluding carboxylic acids is 1. The number of methoxy groups -OCH3 is 3. The smallest absolute Gasteiger partial charge is 0.319 e. The molecule has 1 aromatic heterocycles. The van der Waals surface area contributed by atoms with Crippen LogP contribution in [0.5, 0.6) is 28.9 Å². The number of rotatable bonds is 10. The Kier molecular flexibility index (Phi) is 8.81. The lowest BCUT2D eigenvalue weighted by atomic mass is 10.2. The summed E-state index contributed by atoms with van der Waals surface area (Å²) in [6, 6.07) is 8.40. The van der Waals surface area contributed by atoms with E-state index in [1.54, 1.807) is 44.6 Å². The van der Waals surface area contributed by atoms with Gasteiger partial charge in [-0.1, -0.05) is 0 Å². The van der Waals surface area contributed by atoms with Crippen molar-refractivity contribution >= 4 is 22.6 Å². The predicted molar refractivity (Wildman–Crippen MR) is 141 cm³/mol. The summed E-state index contributed by atoms with van der Waals surface area (Å²) < 4.78 is 22.3. The quantitative estimate of drug-likeness (QED) is 0.397. The molecule has 37 heavy (non-hydrogen) atoms. The van der Waals surface area contributed by atoms with Gasteiger partial charge in [0.2, 0.25) is 5.88 Å². The van der Waals surface area contributed by atoms with Crippen LogP contribution < -0.4 is 29.6 Å². The molecule has 2 N–H and O–H groups in total. The fourth-order valence-corrected chi connectivity index (χ4v) is 4.13. The van der Waals surface area contributed by atoms with Crippen molar-refractivity contribution in [2.75, 3.05) is 73.0 Å². The second kappa shape index (κ2) is 12.4. The van der Waals surface area contributed by atoms with E-state index in [9.17, 15) is 4.79 Å². The van der Waals surface area contributed by atoms with E-state index in [0.717, 1.165) is 39.1 Å². The highest BCUT2D eigenvalue weighted by atomic mass is 16.5. The Balaban J connectivity index is 1.37. The molecule has 198 valence electrons. The van der Waals surface area contributed by atoms with Crippen LogP contribution in [0.2, 0.25) is 0 Å². The monoisotopic (exact) mass is 510 g/mol. The van der Waals surface area contributed by atoms with Crippen molar-refractivity contribution in [3.63, 3.8) is 0 Å². The third-order valence-electron chi connectivity index (χ3n) is 6.27. The van der Waals surface area contributed by atoms with Crippen LogP contribution in [0.1, 0.15) is 6.42 Å². The molecular weight excluding hydrogens is 476 g/mol. The Morgan fingerprint density at radius 2 is 1.68 bits per heavy atom. The molecule has 2 heterocycles. The predicted octanol–water partition coefficient (Wildman–Crippen LogP) is 3.21. The first-order valence-electron chi connectivity index (χ1n) is 12.2. The van der Waals surface area contributed by atoms with Crippen LogP contribution in [0.3, 0.4) is 0 Å². The largest absolute Gasteiger partial charge is 0.494 e. The van der Waals surface area contributed by atoms with Crippen molar-refractivity contribution in [2.45, 2.75) is 6.42 Å². The summed E-state index contributed by atoms with van der Waals surface area (Å²) in [4.78, 5) is 25.8. The number of likely N-dealkylation sites (N-methyl/N-ethyl adjacent to an activating group) is 1. The Hall–Kier alpha value is -3.83. The first-order chi connectivity index (χ1) is 18.0. The third kappa shape index (κ3) is 6.69. The number of hydrogen-bond donors (Lipinski definition) is 2. The zero-order valence-electron chi connectivity index (χ0n) is 21.7. The topological polar surface area (TPSA) is 110 Å². The van der Waals surface area contributed by atoms with E-state index in [4.69, 9.17) is 18.9 Å². The number of carbonyl (C=O) groups is 1. The summed E-state index contributed by atoms with van der Waals surface area (Å²) in [6.07, 6.45) is 2.31. The van der Waals surface area contributed by atoms with Crippen LogP contribution >= 0.6 is 0 Å². The van der Waals surface area contributed by atoms with Crippen LogP contribution in [-0.2, 0) is 0 Å². The van der Waals surface area contributed by atoms with E-state index < -0.39 is 0 Å². The van der Waals surface area contributed by atoms with E-state index >= 15 is 0 Å². The minimum Gasteiger partial charge on any atom is -0.494 e. The number of amides is 2. The minimum atomic E-state index is -0.284. The van der Waals surface area contributed by atoms with Crippen molar-refractivity contribution in [1.82, 2.24) is 25.1 Å². The van der Waals surface area contributed by atoms with Crippen molar-refractivity contribution in [1.29, 1.82) is 0 Å². The molecule has 0 spiro atoms. The van der Waals surface area contributed by atoms with Crippen LogP contribution in [0, 0.1) is 0 Å². The van der Waals surface area contributed by atoms with Gasteiger partial charge in [0, 0.05) is 44.9 Å². The Labute approximate surface area is 216 Å². The number of piperazine rings is 1. The van der Waals surface area contributed by atoms with Gasteiger partial charge in [-0.25, -0.2) is 14.8 Å². The van der Waals surface area contributed by atoms with Gasteiger partial charge < -0.3 is 39.4 Å². The number of anilines is 1. The maximum Gasteiger partial charge on any atom is 0.319 e. The van der Waals surface area contributed by atoms with Gasteiger partial charge in [0.05, 0.1) is 37.9 Å². The molecule has 1 aliphatic rings. The molecule has 0 saturated carbocycles. The molecule has 0 unspecified atom stereocenters. The molecule has 4 rings (SSSR count). The summed E-state index contributed by atoms with van der Waals surface area (Å²) in [5, 5.41) is 6.42.